The van der Waals surface area contributed by atoms with Gasteiger partial charge in [0.05, 0.1) is 16.2 Å². The maximum Gasteiger partial charge on any atom is 0.264 e. The van der Waals surface area contributed by atoms with E-state index in [9.17, 15) is 8.42 Å². The first-order valence-electron chi connectivity index (χ1n) is 4.73. The molecule has 0 aliphatic rings. The van der Waals surface area contributed by atoms with Crippen LogP contribution in [0.1, 0.15) is 0 Å². The Morgan fingerprint density at radius 1 is 1.33 bits per heavy atom. The number of hydrogen-bond donors (Lipinski definition) is 1. The Bertz CT molecular complexity index is 684. The van der Waals surface area contributed by atoms with Gasteiger partial charge in [0.1, 0.15) is 4.90 Å². The molecule has 1 N–H and O–H groups in total. The van der Waals surface area contributed by atoms with Crippen molar-refractivity contribution in [2.75, 3.05) is 4.72 Å². The zero-order valence-electron chi connectivity index (χ0n) is 9.13. The van der Waals surface area contributed by atoms with Crippen molar-refractivity contribution >= 4 is 39.0 Å². The summed E-state index contributed by atoms with van der Waals surface area (Å²) in [6.45, 7) is 0. The number of benzene rings is 1. The van der Waals surface area contributed by atoms with Crippen molar-refractivity contribution in [2.24, 2.45) is 7.05 Å². The predicted molar refractivity (Wildman–Crippen MR) is 68.3 cm³/mol. The molecule has 0 spiro atoms. The quantitative estimate of drug-likeness (QED) is 0.940. The van der Waals surface area contributed by atoms with Crippen LogP contribution in [-0.4, -0.2) is 23.4 Å². The Morgan fingerprint density at radius 2 is 2.06 bits per heavy atom. The van der Waals surface area contributed by atoms with E-state index in [1.807, 2.05) is 0 Å². The van der Waals surface area contributed by atoms with Gasteiger partial charge < -0.3 is 0 Å². The van der Waals surface area contributed by atoms with Crippen LogP contribution < -0.4 is 4.72 Å². The van der Waals surface area contributed by atoms with Gasteiger partial charge in [-0.2, -0.15) is 0 Å². The first-order valence-corrected chi connectivity index (χ1v) is 6.97. The Morgan fingerprint density at radius 3 is 2.67 bits per heavy atom. The third-order valence-corrected chi connectivity index (χ3v) is 4.38. The highest BCUT2D eigenvalue weighted by atomic mass is 35.5. The van der Waals surface area contributed by atoms with Crippen molar-refractivity contribution in [1.82, 2.24) is 15.0 Å². The van der Waals surface area contributed by atoms with Crippen LogP contribution >= 0.6 is 23.2 Å². The summed E-state index contributed by atoms with van der Waals surface area (Å²) in [6.07, 6.45) is 1.43. The Kier molecular flexibility index (Phi) is 3.47. The highest BCUT2D eigenvalue weighted by molar-refractivity contribution is 7.92. The number of anilines is 1. The summed E-state index contributed by atoms with van der Waals surface area (Å²) in [4.78, 5) is -0.109. The average molecular weight is 307 g/mol. The van der Waals surface area contributed by atoms with Crippen LogP contribution in [0.3, 0.4) is 0 Å². The zero-order chi connectivity index (χ0) is 13.3. The van der Waals surface area contributed by atoms with E-state index in [4.69, 9.17) is 23.2 Å². The number of rotatable bonds is 3. The molecule has 0 unspecified atom stereocenters. The van der Waals surface area contributed by atoms with E-state index in [1.54, 1.807) is 7.05 Å². The molecule has 1 aromatic carbocycles. The molecule has 0 bridgehead atoms. The Labute approximate surface area is 114 Å². The van der Waals surface area contributed by atoms with Crippen molar-refractivity contribution in [2.45, 2.75) is 4.90 Å². The topological polar surface area (TPSA) is 76.9 Å². The standard InChI is InChI=1S/C9H8Cl2N4O2S/c1-15-5-8(12-14-15)13-18(16,17)7-4-2-3-6(10)9(7)11/h2-5,13H,1H3. The molecule has 0 saturated heterocycles. The number of aryl methyl sites for hydroxylation is 1. The molecule has 0 saturated carbocycles. The lowest BCUT2D eigenvalue weighted by Crippen LogP contribution is -2.13. The molecular weight excluding hydrogens is 299 g/mol. The van der Waals surface area contributed by atoms with Gasteiger partial charge in [0, 0.05) is 7.05 Å². The summed E-state index contributed by atoms with van der Waals surface area (Å²) in [7, 11) is -2.21. The molecular formula is C9H8Cl2N4O2S. The molecule has 2 rings (SSSR count). The van der Waals surface area contributed by atoms with E-state index in [-0.39, 0.29) is 20.8 Å². The normalized spacial score (nSPS) is 11.5. The monoisotopic (exact) mass is 306 g/mol. The number of nitrogens with one attached hydrogen (secondary N) is 1. The highest BCUT2D eigenvalue weighted by Gasteiger charge is 2.20. The summed E-state index contributed by atoms with van der Waals surface area (Å²) in [5, 5.41) is 7.37. The minimum absolute atomic E-state index is 0.0319. The van der Waals surface area contributed by atoms with Crippen LogP contribution in [0.2, 0.25) is 10.0 Å². The predicted octanol–water partition coefficient (Wildman–Crippen LogP) is 1.92. The van der Waals surface area contributed by atoms with Crippen LogP contribution in [0.25, 0.3) is 0 Å². The van der Waals surface area contributed by atoms with Gasteiger partial charge in [-0.05, 0) is 12.1 Å². The molecule has 0 atom stereocenters. The highest BCUT2D eigenvalue weighted by Crippen LogP contribution is 2.29. The molecule has 1 heterocycles. The summed E-state index contributed by atoms with van der Waals surface area (Å²) >= 11 is 11.6. The zero-order valence-corrected chi connectivity index (χ0v) is 11.5. The molecule has 0 radical (unpaired) electrons. The van der Waals surface area contributed by atoms with Gasteiger partial charge in [0.15, 0.2) is 5.82 Å². The van der Waals surface area contributed by atoms with Gasteiger partial charge in [-0.25, -0.2) is 8.42 Å². The maximum absolute atomic E-state index is 12.1. The molecule has 96 valence electrons. The first kappa shape index (κ1) is 13.1. The van der Waals surface area contributed by atoms with E-state index < -0.39 is 10.0 Å². The molecule has 9 heteroatoms. The third kappa shape index (κ3) is 2.58. The van der Waals surface area contributed by atoms with Crippen molar-refractivity contribution in [1.29, 1.82) is 0 Å². The summed E-state index contributed by atoms with van der Waals surface area (Å²) < 4.78 is 27.7. The van der Waals surface area contributed by atoms with E-state index in [0.29, 0.717) is 0 Å². The van der Waals surface area contributed by atoms with Crippen LogP contribution in [-0.2, 0) is 17.1 Å². The minimum atomic E-state index is -3.84. The van der Waals surface area contributed by atoms with Crippen molar-refractivity contribution < 1.29 is 8.42 Å². The Balaban J connectivity index is 2.40. The van der Waals surface area contributed by atoms with Gasteiger partial charge in [0.2, 0.25) is 0 Å². The molecule has 0 fully saturated rings. The maximum atomic E-state index is 12.1. The van der Waals surface area contributed by atoms with E-state index in [1.165, 1.54) is 29.1 Å². The molecule has 1 aromatic heterocycles. The van der Waals surface area contributed by atoms with Gasteiger partial charge >= 0.3 is 0 Å². The van der Waals surface area contributed by atoms with Gasteiger partial charge in [-0.3, -0.25) is 9.40 Å². The number of nitrogens with zero attached hydrogens (tertiary/aromatic N) is 3. The number of sulfonamides is 1. The van der Waals surface area contributed by atoms with Crippen LogP contribution in [0.15, 0.2) is 29.3 Å². The van der Waals surface area contributed by atoms with Crippen LogP contribution in [0.4, 0.5) is 5.82 Å². The molecule has 2 aromatic rings. The molecule has 18 heavy (non-hydrogen) atoms. The van der Waals surface area contributed by atoms with E-state index in [0.717, 1.165) is 0 Å². The van der Waals surface area contributed by atoms with E-state index >= 15 is 0 Å². The summed E-state index contributed by atoms with van der Waals surface area (Å²) in [6, 6.07) is 4.36. The fourth-order valence-electron chi connectivity index (χ4n) is 1.28. The lowest BCUT2D eigenvalue weighted by molar-refractivity contribution is 0.601. The molecule has 0 amide bonds. The number of aromatic nitrogens is 3. The van der Waals surface area contributed by atoms with Crippen molar-refractivity contribution in [3.05, 3.63) is 34.4 Å². The van der Waals surface area contributed by atoms with Gasteiger partial charge in [-0.15, -0.1) is 5.10 Å². The second-order valence-corrected chi connectivity index (χ2v) is 5.87. The fourth-order valence-corrected chi connectivity index (χ4v) is 3.02. The van der Waals surface area contributed by atoms with Crippen LogP contribution in [0, 0.1) is 0 Å². The molecule has 6 nitrogen and oxygen atoms in total. The van der Waals surface area contributed by atoms with E-state index in [2.05, 4.69) is 15.0 Å². The molecule has 0 aliphatic heterocycles. The number of halogens is 2. The smallest absolute Gasteiger partial charge is 0.260 e. The molecule has 0 aliphatic carbocycles. The van der Waals surface area contributed by atoms with Crippen LogP contribution in [0.5, 0.6) is 0 Å². The lowest BCUT2D eigenvalue weighted by atomic mass is 10.4. The first-order chi connectivity index (χ1) is 8.40. The number of hydrogen-bond acceptors (Lipinski definition) is 4. The third-order valence-electron chi connectivity index (χ3n) is 2.05. The summed E-state index contributed by atoms with van der Waals surface area (Å²) in [5.74, 6) is 0.105. The average Bonchev–Trinajstić information content (AvgIpc) is 2.67. The second kappa shape index (κ2) is 4.75. The Hall–Kier alpha value is -1.31. The van der Waals surface area contributed by atoms with Crippen molar-refractivity contribution in [3.8, 4) is 0 Å². The SMILES string of the molecule is Cn1cc(NS(=O)(=O)c2cccc(Cl)c2Cl)nn1. The van der Waals surface area contributed by atoms with Crippen molar-refractivity contribution in [3.63, 3.8) is 0 Å². The largest absolute Gasteiger partial charge is 0.264 e. The second-order valence-electron chi connectivity index (χ2n) is 3.43. The lowest BCUT2D eigenvalue weighted by Gasteiger charge is -2.07. The van der Waals surface area contributed by atoms with Gasteiger partial charge in [-0.1, -0.05) is 34.5 Å². The fraction of sp³-hybridized carbons (Fsp3) is 0.111. The van der Waals surface area contributed by atoms with Gasteiger partial charge in [0.25, 0.3) is 10.0 Å². The minimum Gasteiger partial charge on any atom is -0.260 e. The summed E-state index contributed by atoms with van der Waals surface area (Å²) in [5.41, 5.74) is 0.